The molecule has 0 atom stereocenters. The number of benzene rings is 3. The summed E-state index contributed by atoms with van der Waals surface area (Å²) in [6.45, 7) is 4.05. The lowest BCUT2D eigenvalue weighted by Crippen LogP contribution is -2.29. The average molecular weight is 490 g/mol. The molecule has 3 aromatic rings. The van der Waals surface area contributed by atoms with Gasteiger partial charge in [-0.2, -0.15) is 9.30 Å². The van der Waals surface area contributed by atoms with Crippen LogP contribution in [-0.2, 0) is 16.6 Å². The second-order valence-corrected chi connectivity index (χ2v) is 10.5. The Hall–Kier alpha value is -3.49. The van der Waals surface area contributed by atoms with Crippen molar-refractivity contribution < 1.29 is 17.9 Å². The van der Waals surface area contributed by atoms with Gasteiger partial charge in [0, 0.05) is 29.9 Å². The molecule has 0 N–H and O–H groups in total. The Morgan fingerprint density at radius 1 is 0.971 bits per heavy atom. The van der Waals surface area contributed by atoms with E-state index in [1.165, 1.54) is 4.31 Å². The van der Waals surface area contributed by atoms with Gasteiger partial charge in [-0.1, -0.05) is 30.3 Å². The van der Waals surface area contributed by atoms with Crippen molar-refractivity contribution in [3.63, 3.8) is 0 Å². The van der Waals surface area contributed by atoms with Gasteiger partial charge in [0.1, 0.15) is 11.6 Å². The Morgan fingerprint density at radius 2 is 1.71 bits per heavy atom. The van der Waals surface area contributed by atoms with Crippen LogP contribution in [0.4, 0.5) is 5.69 Å². The van der Waals surface area contributed by atoms with Crippen LogP contribution >= 0.6 is 0 Å². The van der Waals surface area contributed by atoms with Crippen molar-refractivity contribution in [2.75, 3.05) is 24.6 Å². The van der Waals surface area contributed by atoms with Gasteiger partial charge in [-0.05, 0) is 67.8 Å². The highest BCUT2D eigenvalue weighted by Gasteiger charge is 2.30. The molecular formula is C27H27N3O4S. The molecule has 0 saturated carbocycles. The molecule has 0 unspecified atom stereocenters. The summed E-state index contributed by atoms with van der Waals surface area (Å²) in [5.74, 6) is 0.835. The number of rotatable bonds is 6. The third-order valence-electron chi connectivity index (χ3n) is 6.29. The zero-order chi connectivity index (χ0) is 24.4. The van der Waals surface area contributed by atoms with Crippen molar-refractivity contribution >= 4 is 27.5 Å². The maximum atomic E-state index is 13.2. The van der Waals surface area contributed by atoms with Gasteiger partial charge in [0.05, 0.1) is 18.0 Å². The van der Waals surface area contributed by atoms with E-state index < -0.39 is 10.0 Å². The monoisotopic (exact) mass is 489 g/mol. The van der Waals surface area contributed by atoms with E-state index in [4.69, 9.17) is 4.74 Å². The molecular weight excluding hydrogens is 462 g/mol. The zero-order valence-electron chi connectivity index (χ0n) is 19.6. The molecule has 1 saturated heterocycles. The molecule has 1 fully saturated rings. The van der Waals surface area contributed by atoms with Crippen LogP contribution in [0, 0.1) is 0 Å². The van der Waals surface area contributed by atoms with Crippen LogP contribution in [0.25, 0.3) is 0 Å². The second-order valence-electron chi connectivity index (χ2n) is 8.55. The minimum atomic E-state index is -3.56. The maximum absolute atomic E-state index is 13.2. The number of amidine groups is 1. The molecule has 3 aromatic carbocycles. The van der Waals surface area contributed by atoms with E-state index in [0.29, 0.717) is 49.1 Å². The van der Waals surface area contributed by atoms with Gasteiger partial charge in [0.2, 0.25) is 10.0 Å². The van der Waals surface area contributed by atoms with Gasteiger partial charge >= 0.3 is 0 Å². The van der Waals surface area contributed by atoms with Crippen molar-refractivity contribution in [3.05, 3.63) is 89.5 Å². The molecule has 180 valence electrons. The Morgan fingerprint density at radius 3 is 2.46 bits per heavy atom. The van der Waals surface area contributed by atoms with Gasteiger partial charge < -0.3 is 9.64 Å². The molecule has 0 spiro atoms. The smallest absolute Gasteiger partial charge is 0.278 e. The molecule has 35 heavy (non-hydrogen) atoms. The maximum Gasteiger partial charge on any atom is 0.278 e. The summed E-state index contributed by atoms with van der Waals surface area (Å²) in [4.78, 5) is 19.8. The number of nitrogens with zero attached hydrogens (tertiary/aromatic N) is 3. The fourth-order valence-corrected chi connectivity index (χ4v) is 6.07. The van der Waals surface area contributed by atoms with Crippen LogP contribution in [0.3, 0.4) is 0 Å². The number of hydrogen-bond donors (Lipinski definition) is 0. The number of hydrogen-bond acceptors (Lipinski definition) is 4. The Bertz CT molecular complexity index is 1380. The van der Waals surface area contributed by atoms with E-state index in [-0.39, 0.29) is 10.8 Å². The lowest BCUT2D eigenvalue weighted by atomic mass is 10.1. The highest BCUT2D eigenvalue weighted by Crippen LogP contribution is 2.32. The average Bonchev–Trinajstić information content (AvgIpc) is 3.54. The number of aliphatic imine (C=N–C) groups is 1. The Balaban J connectivity index is 1.51. The molecule has 8 heteroatoms. The van der Waals surface area contributed by atoms with Gasteiger partial charge in [-0.3, -0.25) is 4.79 Å². The molecule has 0 aliphatic carbocycles. The topological polar surface area (TPSA) is 79.3 Å². The summed E-state index contributed by atoms with van der Waals surface area (Å²) in [7, 11) is -3.56. The highest BCUT2D eigenvalue weighted by atomic mass is 32.2. The standard InChI is InChI=1S/C27H27N3O4S/c1-2-34-23-14-12-20(13-15-23)27(31)28-26-25-11-4-3-8-21(25)19-30(26)22-9-7-10-24(18-22)35(32,33)29-16-5-6-17-29/h3-4,7-15,18H,2,5-6,16-17,19H2,1H3. The van der Waals surface area contributed by atoms with Crippen LogP contribution < -0.4 is 9.64 Å². The Kier molecular flexibility index (Phi) is 6.40. The number of anilines is 1. The summed E-state index contributed by atoms with van der Waals surface area (Å²) in [5, 5.41) is 0. The van der Waals surface area contributed by atoms with Gasteiger partial charge in [-0.15, -0.1) is 0 Å². The van der Waals surface area contributed by atoms with Crippen LogP contribution in [0.15, 0.2) is 82.7 Å². The third-order valence-corrected chi connectivity index (χ3v) is 8.19. The highest BCUT2D eigenvalue weighted by molar-refractivity contribution is 7.89. The first-order valence-corrected chi connectivity index (χ1v) is 13.2. The number of ether oxygens (including phenoxy) is 1. The van der Waals surface area contributed by atoms with E-state index >= 15 is 0 Å². The molecule has 2 aliphatic rings. The predicted octanol–water partition coefficient (Wildman–Crippen LogP) is 4.48. The quantitative estimate of drug-likeness (QED) is 0.510. The second kappa shape index (κ2) is 9.64. The normalized spacial score (nSPS) is 17.1. The lowest BCUT2D eigenvalue weighted by molar-refractivity contribution is 0.100. The van der Waals surface area contributed by atoms with Crippen LogP contribution in [0.5, 0.6) is 5.75 Å². The molecule has 1 amide bonds. The van der Waals surface area contributed by atoms with E-state index in [9.17, 15) is 13.2 Å². The van der Waals surface area contributed by atoms with Crippen LogP contribution in [-0.4, -0.2) is 44.2 Å². The van der Waals surface area contributed by atoms with Crippen molar-refractivity contribution in [1.29, 1.82) is 0 Å². The Labute approximate surface area is 205 Å². The van der Waals surface area contributed by atoms with E-state index in [2.05, 4.69) is 4.99 Å². The molecule has 5 rings (SSSR count). The number of fused-ring (bicyclic) bond motifs is 1. The molecule has 0 radical (unpaired) electrons. The van der Waals surface area contributed by atoms with Crippen LogP contribution in [0.1, 0.15) is 41.3 Å². The van der Waals surface area contributed by atoms with E-state index in [1.807, 2.05) is 42.2 Å². The first-order chi connectivity index (χ1) is 17.0. The van der Waals surface area contributed by atoms with Gasteiger partial charge in [0.15, 0.2) is 0 Å². The molecule has 2 aliphatic heterocycles. The van der Waals surface area contributed by atoms with E-state index in [1.54, 1.807) is 42.5 Å². The predicted molar refractivity (Wildman–Crippen MR) is 136 cm³/mol. The summed E-state index contributed by atoms with van der Waals surface area (Å²) < 4.78 is 33.3. The molecule has 2 heterocycles. The first kappa shape index (κ1) is 23.3. The summed E-state index contributed by atoms with van der Waals surface area (Å²) in [6, 6.07) is 21.6. The minimum Gasteiger partial charge on any atom is -0.494 e. The number of carbonyl (C=O) groups excluding carboxylic acids is 1. The number of sulfonamides is 1. The number of amides is 1. The number of carbonyl (C=O) groups is 1. The summed E-state index contributed by atoms with van der Waals surface area (Å²) in [5.41, 5.74) is 3.02. The van der Waals surface area contributed by atoms with Crippen LogP contribution in [0.2, 0.25) is 0 Å². The third kappa shape index (κ3) is 4.59. The van der Waals surface area contributed by atoms with Crippen molar-refractivity contribution in [2.45, 2.75) is 31.2 Å². The van der Waals surface area contributed by atoms with Gasteiger partial charge in [0.25, 0.3) is 5.91 Å². The van der Waals surface area contributed by atoms with Crippen molar-refractivity contribution in [2.24, 2.45) is 4.99 Å². The fraction of sp³-hybridized carbons (Fsp3) is 0.259. The zero-order valence-corrected chi connectivity index (χ0v) is 20.4. The molecule has 7 nitrogen and oxygen atoms in total. The molecule has 0 aromatic heterocycles. The summed E-state index contributed by atoms with van der Waals surface area (Å²) in [6.07, 6.45) is 1.76. The SMILES string of the molecule is CCOc1ccc(C(=O)N=C2c3ccccc3CN2c2cccc(S(=O)(=O)N3CCCC3)c2)cc1. The molecule has 0 bridgehead atoms. The van der Waals surface area contributed by atoms with Crippen molar-refractivity contribution in [1.82, 2.24) is 4.31 Å². The lowest BCUT2D eigenvalue weighted by Gasteiger charge is -2.21. The minimum absolute atomic E-state index is 0.255. The van der Waals surface area contributed by atoms with Crippen molar-refractivity contribution in [3.8, 4) is 5.75 Å². The summed E-state index contributed by atoms with van der Waals surface area (Å²) >= 11 is 0. The fourth-order valence-electron chi connectivity index (χ4n) is 4.51. The van der Waals surface area contributed by atoms with E-state index in [0.717, 1.165) is 24.0 Å². The van der Waals surface area contributed by atoms with Gasteiger partial charge in [-0.25, -0.2) is 8.42 Å². The first-order valence-electron chi connectivity index (χ1n) is 11.8. The largest absolute Gasteiger partial charge is 0.494 e.